The average Bonchev–Trinajstić information content (AvgIpc) is 2.85. The van der Waals surface area contributed by atoms with Crippen LogP contribution in [-0.2, 0) is 10.0 Å². The van der Waals surface area contributed by atoms with E-state index in [4.69, 9.17) is 11.6 Å². The van der Waals surface area contributed by atoms with Crippen molar-refractivity contribution in [2.45, 2.75) is 35.8 Å². The first-order valence-corrected chi connectivity index (χ1v) is 8.29. The molecule has 1 N–H and O–H groups in total. The number of rotatable bonds is 4. The first-order chi connectivity index (χ1) is 7.99. The van der Waals surface area contributed by atoms with Crippen LogP contribution in [0.1, 0.15) is 24.3 Å². The summed E-state index contributed by atoms with van der Waals surface area (Å²) in [4.78, 5) is 3.95. The molecule has 1 saturated carbocycles. The third kappa shape index (κ3) is 3.19. The number of aryl methyl sites for hydroxylation is 1. The van der Waals surface area contributed by atoms with Gasteiger partial charge in [0.1, 0.15) is 0 Å². The fourth-order valence-electron chi connectivity index (χ4n) is 1.98. The molecule has 0 bridgehead atoms. The first-order valence-electron chi connectivity index (χ1n) is 5.55. The Balaban J connectivity index is 1.98. The largest absolute Gasteiger partial charge is 0.251 e. The van der Waals surface area contributed by atoms with Crippen LogP contribution in [0, 0.1) is 12.8 Å². The summed E-state index contributed by atoms with van der Waals surface area (Å²) < 4.78 is 26.7. The van der Waals surface area contributed by atoms with Gasteiger partial charge in [-0.2, -0.15) is 0 Å². The maximum atomic E-state index is 11.9. The first kappa shape index (κ1) is 13.3. The molecule has 1 aliphatic rings. The standard InChI is InChI=1S/C10H15ClN2O2S2/c1-7-12-6-10(16-7)17(14,15)13-5-8-3-2-4-9(8)11/h6,8-9,13H,2-5H2,1H3. The summed E-state index contributed by atoms with van der Waals surface area (Å²) in [7, 11) is -3.40. The van der Waals surface area contributed by atoms with Crippen LogP contribution in [0.2, 0.25) is 0 Å². The highest BCUT2D eigenvalue weighted by Gasteiger charge is 2.27. The van der Waals surface area contributed by atoms with E-state index in [-0.39, 0.29) is 15.5 Å². The summed E-state index contributed by atoms with van der Waals surface area (Å²) in [6.45, 7) is 2.21. The molecule has 2 rings (SSSR count). The van der Waals surface area contributed by atoms with E-state index in [1.165, 1.54) is 17.5 Å². The van der Waals surface area contributed by atoms with Gasteiger partial charge >= 0.3 is 0 Å². The maximum absolute atomic E-state index is 11.9. The number of aromatic nitrogens is 1. The van der Waals surface area contributed by atoms with E-state index in [0.29, 0.717) is 6.54 Å². The smallest absolute Gasteiger partial charge is 0.249 e. The number of nitrogens with zero attached hydrogens (tertiary/aromatic N) is 1. The third-order valence-electron chi connectivity index (χ3n) is 2.97. The lowest BCUT2D eigenvalue weighted by Crippen LogP contribution is -2.30. The van der Waals surface area contributed by atoms with Crippen LogP contribution < -0.4 is 4.72 Å². The number of hydrogen-bond donors (Lipinski definition) is 1. The molecule has 17 heavy (non-hydrogen) atoms. The Labute approximate surface area is 110 Å². The minimum Gasteiger partial charge on any atom is -0.249 e. The van der Waals surface area contributed by atoms with E-state index in [2.05, 4.69) is 9.71 Å². The molecule has 1 aromatic rings. The molecule has 0 amide bonds. The fourth-order valence-corrected chi connectivity index (χ4v) is 4.59. The SMILES string of the molecule is Cc1ncc(S(=O)(=O)NCC2CCCC2Cl)s1. The quantitative estimate of drug-likeness (QED) is 0.866. The minimum absolute atomic E-state index is 0.0981. The molecule has 1 aromatic heterocycles. The molecule has 96 valence electrons. The van der Waals surface area contributed by atoms with Gasteiger partial charge in [0.15, 0.2) is 4.21 Å². The van der Waals surface area contributed by atoms with Gasteiger partial charge in [-0.25, -0.2) is 18.1 Å². The number of sulfonamides is 1. The summed E-state index contributed by atoms with van der Waals surface area (Å²) >= 11 is 7.30. The maximum Gasteiger partial charge on any atom is 0.251 e. The zero-order chi connectivity index (χ0) is 12.5. The number of hydrogen-bond acceptors (Lipinski definition) is 4. The monoisotopic (exact) mass is 294 g/mol. The molecule has 4 nitrogen and oxygen atoms in total. The number of halogens is 1. The molecule has 0 radical (unpaired) electrons. The van der Waals surface area contributed by atoms with Crippen molar-refractivity contribution >= 4 is 33.0 Å². The molecule has 2 atom stereocenters. The third-order valence-corrected chi connectivity index (χ3v) is 6.34. The molecule has 0 spiro atoms. The van der Waals surface area contributed by atoms with E-state index in [1.807, 2.05) is 0 Å². The van der Waals surface area contributed by atoms with E-state index >= 15 is 0 Å². The Hall–Kier alpha value is -0.170. The molecule has 1 aliphatic carbocycles. The summed E-state index contributed by atoms with van der Waals surface area (Å²) in [5.41, 5.74) is 0. The van der Waals surface area contributed by atoms with Gasteiger partial charge in [-0.1, -0.05) is 6.42 Å². The molecule has 0 saturated heterocycles. The molecule has 2 unspecified atom stereocenters. The van der Waals surface area contributed by atoms with Gasteiger partial charge in [0, 0.05) is 11.9 Å². The predicted molar refractivity (Wildman–Crippen MR) is 69.0 cm³/mol. The lowest BCUT2D eigenvalue weighted by atomic mass is 10.1. The van der Waals surface area contributed by atoms with Gasteiger partial charge in [0.2, 0.25) is 0 Å². The summed E-state index contributed by atoms with van der Waals surface area (Å²) in [6.07, 6.45) is 4.46. The second-order valence-electron chi connectivity index (χ2n) is 4.26. The Morgan fingerprint density at radius 1 is 1.59 bits per heavy atom. The van der Waals surface area contributed by atoms with Crippen molar-refractivity contribution in [1.82, 2.24) is 9.71 Å². The van der Waals surface area contributed by atoms with Crippen molar-refractivity contribution in [3.8, 4) is 0 Å². The summed E-state index contributed by atoms with van der Waals surface area (Å²) in [5.74, 6) is 0.250. The van der Waals surface area contributed by atoms with Gasteiger partial charge < -0.3 is 0 Å². The van der Waals surface area contributed by atoms with Crippen LogP contribution >= 0.6 is 22.9 Å². The molecule has 1 heterocycles. The molecule has 0 aliphatic heterocycles. The molecular weight excluding hydrogens is 280 g/mol. The van der Waals surface area contributed by atoms with Crippen LogP contribution in [0.4, 0.5) is 0 Å². The van der Waals surface area contributed by atoms with Crippen molar-refractivity contribution in [2.75, 3.05) is 6.54 Å². The predicted octanol–water partition coefficient (Wildman–Crippen LogP) is 2.14. The Morgan fingerprint density at radius 2 is 2.35 bits per heavy atom. The van der Waals surface area contributed by atoms with Crippen LogP contribution in [-0.4, -0.2) is 25.3 Å². The molecular formula is C10H15ClN2O2S2. The summed E-state index contributed by atoms with van der Waals surface area (Å²) in [6, 6.07) is 0. The highest BCUT2D eigenvalue weighted by atomic mass is 35.5. The fraction of sp³-hybridized carbons (Fsp3) is 0.700. The van der Waals surface area contributed by atoms with Gasteiger partial charge in [0.05, 0.1) is 11.2 Å². The number of nitrogens with one attached hydrogen (secondary N) is 1. The Morgan fingerprint density at radius 3 is 2.88 bits per heavy atom. The topological polar surface area (TPSA) is 59.1 Å². The number of alkyl halides is 1. The minimum atomic E-state index is -3.40. The summed E-state index contributed by atoms with van der Waals surface area (Å²) in [5, 5.41) is 0.849. The normalized spacial score (nSPS) is 25.3. The second-order valence-corrected chi connectivity index (χ2v) is 8.05. The molecule has 7 heteroatoms. The van der Waals surface area contributed by atoms with E-state index in [9.17, 15) is 8.42 Å². The number of thiazole rings is 1. The lowest BCUT2D eigenvalue weighted by molar-refractivity contribution is 0.524. The average molecular weight is 295 g/mol. The highest BCUT2D eigenvalue weighted by molar-refractivity contribution is 7.91. The van der Waals surface area contributed by atoms with Gasteiger partial charge in [-0.15, -0.1) is 22.9 Å². The van der Waals surface area contributed by atoms with E-state index < -0.39 is 10.0 Å². The van der Waals surface area contributed by atoms with E-state index in [0.717, 1.165) is 24.3 Å². The van der Waals surface area contributed by atoms with E-state index in [1.54, 1.807) is 6.92 Å². The Bertz CT molecular complexity index is 486. The zero-order valence-corrected chi connectivity index (χ0v) is 11.9. The second kappa shape index (κ2) is 5.22. The van der Waals surface area contributed by atoms with Crippen LogP contribution in [0.25, 0.3) is 0 Å². The van der Waals surface area contributed by atoms with Crippen molar-refractivity contribution in [1.29, 1.82) is 0 Å². The van der Waals surface area contributed by atoms with Gasteiger partial charge in [-0.05, 0) is 25.7 Å². The lowest BCUT2D eigenvalue weighted by Gasteiger charge is -2.13. The van der Waals surface area contributed by atoms with Crippen LogP contribution in [0.5, 0.6) is 0 Å². The van der Waals surface area contributed by atoms with Gasteiger partial charge in [0.25, 0.3) is 10.0 Å². The van der Waals surface area contributed by atoms with Crippen molar-refractivity contribution < 1.29 is 8.42 Å². The zero-order valence-electron chi connectivity index (χ0n) is 9.52. The van der Waals surface area contributed by atoms with Crippen molar-refractivity contribution in [3.05, 3.63) is 11.2 Å². The van der Waals surface area contributed by atoms with Gasteiger partial charge in [-0.3, -0.25) is 0 Å². The van der Waals surface area contributed by atoms with Crippen LogP contribution in [0.15, 0.2) is 10.4 Å². The molecule has 1 fully saturated rings. The van der Waals surface area contributed by atoms with Crippen molar-refractivity contribution in [2.24, 2.45) is 5.92 Å². The highest BCUT2D eigenvalue weighted by Crippen LogP contribution is 2.30. The van der Waals surface area contributed by atoms with Crippen molar-refractivity contribution in [3.63, 3.8) is 0 Å². The molecule has 0 aromatic carbocycles. The Kier molecular flexibility index (Phi) is 4.07. The van der Waals surface area contributed by atoms with Crippen LogP contribution in [0.3, 0.4) is 0 Å².